The van der Waals surface area contributed by atoms with Gasteiger partial charge in [0.1, 0.15) is 0 Å². The second kappa shape index (κ2) is 10.0. The lowest BCUT2D eigenvalue weighted by Gasteiger charge is -2.71. The van der Waals surface area contributed by atoms with Gasteiger partial charge < -0.3 is 20.3 Å². The van der Waals surface area contributed by atoms with Crippen LogP contribution in [0, 0.1) is 62.6 Å². The van der Waals surface area contributed by atoms with Crippen molar-refractivity contribution in [2.75, 3.05) is 19.8 Å². The SMILES string of the molecule is CC(C)[C@@H](C)[C@@]1(C)CC[C@]2(C)[C@H]3CC[C@@H]4[C@@]5(COC[C@@]4(C)[C@@H](OCC4(N)CCCC4)[C@H](C)C5)C3=CC[C@@]2(C)[C@@H]1C(=O)O. The van der Waals surface area contributed by atoms with Crippen molar-refractivity contribution in [1.29, 1.82) is 0 Å². The summed E-state index contributed by atoms with van der Waals surface area (Å²) in [5.41, 5.74) is 7.75. The second-order valence-electron chi connectivity index (χ2n) is 17.8. The minimum atomic E-state index is -0.582. The Labute approximate surface area is 256 Å². The molecule has 6 aliphatic rings. The summed E-state index contributed by atoms with van der Waals surface area (Å²) >= 11 is 0. The van der Waals surface area contributed by atoms with E-state index in [9.17, 15) is 9.90 Å². The lowest BCUT2D eigenvalue weighted by molar-refractivity contribution is -0.252. The first kappa shape index (κ1) is 31.1. The largest absolute Gasteiger partial charge is 0.481 e. The number of carboxylic acids is 1. The minimum Gasteiger partial charge on any atom is -0.481 e. The van der Waals surface area contributed by atoms with Crippen LogP contribution < -0.4 is 5.73 Å². The van der Waals surface area contributed by atoms with Gasteiger partial charge in [-0.25, -0.2) is 0 Å². The summed E-state index contributed by atoms with van der Waals surface area (Å²) in [6, 6.07) is 0. The molecule has 1 heterocycles. The van der Waals surface area contributed by atoms with Crippen LogP contribution in [0.1, 0.15) is 120 Å². The molecule has 0 amide bonds. The van der Waals surface area contributed by atoms with E-state index in [4.69, 9.17) is 15.2 Å². The number of fused-ring (bicyclic) bond motifs is 3. The molecule has 0 aromatic heterocycles. The van der Waals surface area contributed by atoms with E-state index in [0.29, 0.717) is 36.2 Å². The first-order chi connectivity index (χ1) is 19.6. The predicted octanol–water partition coefficient (Wildman–Crippen LogP) is 7.87. The van der Waals surface area contributed by atoms with E-state index < -0.39 is 5.97 Å². The van der Waals surface area contributed by atoms with Crippen LogP contribution in [0.5, 0.6) is 0 Å². The highest BCUT2D eigenvalue weighted by atomic mass is 16.5. The van der Waals surface area contributed by atoms with Crippen LogP contribution in [0.15, 0.2) is 11.6 Å². The number of hydrogen-bond acceptors (Lipinski definition) is 4. The molecule has 2 bridgehead atoms. The Morgan fingerprint density at radius 2 is 1.74 bits per heavy atom. The molecule has 42 heavy (non-hydrogen) atoms. The van der Waals surface area contributed by atoms with Crippen molar-refractivity contribution in [3.05, 3.63) is 11.6 Å². The van der Waals surface area contributed by atoms with Crippen LogP contribution in [-0.4, -0.2) is 42.5 Å². The molecule has 1 aliphatic heterocycles. The van der Waals surface area contributed by atoms with Gasteiger partial charge in [-0.2, -0.15) is 0 Å². The monoisotopic (exact) mass is 583 g/mol. The van der Waals surface area contributed by atoms with Crippen LogP contribution in [0.2, 0.25) is 0 Å². The first-order valence-corrected chi connectivity index (χ1v) is 17.5. The van der Waals surface area contributed by atoms with Crippen molar-refractivity contribution in [3.63, 3.8) is 0 Å². The molecule has 3 N–H and O–H groups in total. The summed E-state index contributed by atoms with van der Waals surface area (Å²) in [4.78, 5) is 13.3. The normalized spacial score (nSPS) is 50.3. The Kier molecular flexibility index (Phi) is 7.44. The van der Waals surface area contributed by atoms with Crippen LogP contribution in [0.3, 0.4) is 0 Å². The maximum Gasteiger partial charge on any atom is 0.307 e. The number of ether oxygens (including phenoxy) is 2. The zero-order valence-corrected chi connectivity index (χ0v) is 28.1. The lowest BCUT2D eigenvalue weighted by atomic mass is 9.34. The van der Waals surface area contributed by atoms with Gasteiger partial charge in [-0.15, -0.1) is 0 Å². The van der Waals surface area contributed by atoms with Gasteiger partial charge in [0.2, 0.25) is 0 Å². The topological polar surface area (TPSA) is 81.8 Å². The molecule has 0 unspecified atom stereocenters. The summed E-state index contributed by atoms with van der Waals surface area (Å²) < 4.78 is 13.5. The zero-order valence-electron chi connectivity index (χ0n) is 28.1. The molecule has 5 aliphatic carbocycles. The minimum absolute atomic E-state index is 0.0280. The lowest BCUT2D eigenvalue weighted by Crippen LogP contribution is -2.69. The number of carbonyl (C=O) groups is 1. The highest BCUT2D eigenvalue weighted by Crippen LogP contribution is 2.75. The maximum absolute atomic E-state index is 13.3. The van der Waals surface area contributed by atoms with E-state index in [0.717, 1.165) is 58.2 Å². The molecule has 238 valence electrons. The Morgan fingerprint density at radius 3 is 2.38 bits per heavy atom. The van der Waals surface area contributed by atoms with Crippen molar-refractivity contribution in [2.45, 2.75) is 131 Å². The average molecular weight is 584 g/mol. The molecule has 0 aromatic rings. The molecule has 0 spiro atoms. The van der Waals surface area contributed by atoms with Crippen molar-refractivity contribution in [2.24, 2.45) is 68.3 Å². The van der Waals surface area contributed by atoms with Crippen molar-refractivity contribution in [1.82, 2.24) is 0 Å². The Morgan fingerprint density at radius 1 is 1.05 bits per heavy atom. The van der Waals surface area contributed by atoms with E-state index in [2.05, 4.69) is 61.5 Å². The molecule has 0 radical (unpaired) electrons. The average Bonchev–Trinajstić information content (AvgIpc) is 3.34. The molecule has 5 nitrogen and oxygen atoms in total. The fourth-order valence-corrected chi connectivity index (χ4v) is 12.9. The van der Waals surface area contributed by atoms with Gasteiger partial charge in [-0.1, -0.05) is 79.9 Å². The van der Waals surface area contributed by atoms with Crippen molar-refractivity contribution >= 4 is 5.97 Å². The van der Waals surface area contributed by atoms with Crippen LogP contribution in [0.4, 0.5) is 0 Å². The fourth-order valence-electron chi connectivity index (χ4n) is 12.9. The number of allylic oxidation sites excluding steroid dienone is 1. The van der Waals surface area contributed by atoms with Crippen LogP contribution in [-0.2, 0) is 14.3 Å². The van der Waals surface area contributed by atoms with Crippen LogP contribution >= 0.6 is 0 Å². The van der Waals surface area contributed by atoms with Gasteiger partial charge in [-0.05, 0) is 97.2 Å². The van der Waals surface area contributed by atoms with E-state index in [1.165, 1.54) is 19.3 Å². The van der Waals surface area contributed by atoms with Gasteiger partial charge in [0.15, 0.2) is 0 Å². The number of carboxylic acid groups (broad SMARTS) is 1. The van der Waals surface area contributed by atoms with Gasteiger partial charge >= 0.3 is 5.97 Å². The Bertz CT molecular complexity index is 1110. The summed E-state index contributed by atoms with van der Waals surface area (Å²) in [5.74, 6) is 1.31. The molecule has 5 heteroatoms. The molecule has 4 saturated carbocycles. The molecule has 1 saturated heterocycles. The molecular weight excluding hydrogens is 522 g/mol. The van der Waals surface area contributed by atoms with Crippen molar-refractivity contribution in [3.8, 4) is 0 Å². The molecule has 0 aromatic carbocycles. The number of rotatable bonds is 6. The highest BCUT2D eigenvalue weighted by molar-refractivity contribution is 5.73. The third-order valence-corrected chi connectivity index (χ3v) is 15.5. The molecule has 11 atom stereocenters. The molecular formula is C37H61NO4. The molecule has 5 fully saturated rings. The third kappa shape index (κ3) is 4.07. The van der Waals surface area contributed by atoms with E-state index in [1.807, 2.05) is 0 Å². The highest BCUT2D eigenvalue weighted by Gasteiger charge is 2.71. The number of hydrogen-bond donors (Lipinski definition) is 2. The van der Waals surface area contributed by atoms with Gasteiger partial charge in [0, 0.05) is 16.4 Å². The Balaban J connectivity index is 1.36. The van der Waals surface area contributed by atoms with E-state index >= 15 is 0 Å². The van der Waals surface area contributed by atoms with Gasteiger partial charge in [0.25, 0.3) is 0 Å². The van der Waals surface area contributed by atoms with E-state index in [-0.39, 0.29) is 44.6 Å². The summed E-state index contributed by atoms with van der Waals surface area (Å²) in [6.45, 7) is 21.1. The second-order valence-corrected chi connectivity index (χ2v) is 17.8. The summed E-state index contributed by atoms with van der Waals surface area (Å²) in [5, 5.41) is 10.9. The van der Waals surface area contributed by atoms with Crippen molar-refractivity contribution < 1.29 is 19.4 Å². The van der Waals surface area contributed by atoms with E-state index in [1.54, 1.807) is 5.57 Å². The maximum atomic E-state index is 13.3. The smallest absolute Gasteiger partial charge is 0.307 e. The third-order valence-electron chi connectivity index (χ3n) is 15.5. The number of aliphatic carboxylic acids is 1. The predicted molar refractivity (Wildman–Crippen MR) is 168 cm³/mol. The summed E-state index contributed by atoms with van der Waals surface area (Å²) in [7, 11) is 0. The van der Waals surface area contributed by atoms with Gasteiger partial charge in [0.05, 0.1) is 31.8 Å². The quantitative estimate of drug-likeness (QED) is 0.311. The van der Waals surface area contributed by atoms with Crippen LogP contribution in [0.25, 0.3) is 0 Å². The standard InChI is InChI=1S/C37H61NO4/c1-23(2)25(4)32(5)17-18-34(7)26-11-12-28-33(6)20-41-22-37(28,27(26)13-16-35(34,8)29(32)31(39)40)19-24(3)30(33)42-21-36(38)14-9-10-15-36/h13,23-26,28-30H,9-12,14-22,38H2,1-8H3,(H,39,40)/t24-,25-,26+,28+,29-,30+,32-,33-,34-,35+,37+/m1/s1. The first-order valence-electron chi connectivity index (χ1n) is 17.5. The number of nitrogens with two attached hydrogens (primary N) is 1. The summed E-state index contributed by atoms with van der Waals surface area (Å²) in [6.07, 6.45) is 13.8. The Hall–Kier alpha value is -0.910. The van der Waals surface area contributed by atoms with Gasteiger partial charge in [-0.3, -0.25) is 4.79 Å². The molecule has 6 rings (SSSR count). The fraction of sp³-hybridized carbons (Fsp3) is 0.919. The zero-order chi connectivity index (χ0) is 30.5.